The minimum atomic E-state index is 0. The number of aromatic nitrogens is 2. The fourth-order valence-electron chi connectivity index (χ4n) is 2.10. The second kappa shape index (κ2) is 5.67. The Morgan fingerprint density at radius 3 is 2.74 bits per heavy atom. The van der Waals surface area contributed by atoms with Crippen molar-refractivity contribution in [3.8, 4) is 5.75 Å². The number of fused-ring (bicyclic) bond motifs is 1. The first-order valence-electron chi connectivity index (χ1n) is 5.83. The number of hydrogen-bond acceptors (Lipinski definition) is 2. The Balaban J connectivity index is 0.00000133. The van der Waals surface area contributed by atoms with E-state index in [1.165, 1.54) is 0 Å². The number of hydrogen-bond donors (Lipinski definition) is 1. The zero-order valence-corrected chi connectivity index (χ0v) is 11.0. The predicted molar refractivity (Wildman–Crippen MR) is 69.1 cm³/mol. The molecule has 3 rings (SSSR count). The molecule has 2 heterocycles. The molecule has 0 fully saturated rings. The van der Waals surface area contributed by atoms with Crippen molar-refractivity contribution in [1.29, 1.82) is 0 Å². The molecule has 3 nitrogen and oxygen atoms in total. The smallest absolute Gasteiger partial charge is 0.211 e. The van der Waals surface area contributed by atoms with Crippen LogP contribution in [-0.2, 0) is 6.54 Å². The Hall–Kier alpha value is -2.13. The molecule has 96 valence electrons. The predicted octanol–water partition coefficient (Wildman–Crippen LogP) is -0.720. The van der Waals surface area contributed by atoms with Crippen LogP contribution in [0, 0.1) is 0 Å². The van der Waals surface area contributed by atoms with Crippen LogP contribution in [0.3, 0.4) is 0 Å². The van der Waals surface area contributed by atoms with Gasteiger partial charge in [0.05, 0.1) is 5.52 Å². The van der Waals surface area contributed by atoms with Crippen molar-refractivity contribution < 1.29 is 22.1 Å². The maximum atomic E-state index is 9.47. The number of para-hydroxylation sites is 1. The summed E-state index contributed by atoms with van der Waals surface area (Å²) in [4.78, 5) is 4.42. The third-order valence-corrected chi connectivity index (χ3v) is 2.91. The van der Waals surface area contributed by atoms with Crippen molar-refractivity contribution >= 4 is 10.9 Å². The van der Waals surface area contributed by atoms with E-state index in [4.69, 9.17) is 0 Å². The Labute approximate surface area is 117 Å². The molecule has 1 aromatic carbocycles. The van der Waals surface area contributed by atoms with Gasteiger partial charge in [-0.3, -0.25) is 4.98 Å². The fraction of sp³-hybridized carbons (Fsp3) is 0.0667. The van der Waals surface area contributed by atoms with Gasteiger partial charge in [-0.25, -0.2) is 0 Å². The fourth-order valence-corrected chi connectivity index (χ4v) is 2.10. The second-order valence-electron chi connectivity index (χ2n) is 4.23. The maximum Gasteiger partial charge on any atom is 0.211 e. The van der Waals surface area contributed by atoms with Crippen LogP contribution in [0.25, 0.3) is 10.9 Å². The maximum absolute atomic E-state index is 9.47. The first-order chi connectivity index (χ1) is 8.83. The molecule has 0 unspecified atom stereocenters. The van der Waals surface area contributed by atoms with Crippen LogP contribution in [-0.4, -0.2) is 10.1 Å². The molecular weight excluding hydrogens is 260 g/mol. The highest BCUT2D eigenvalue weighted by Gasteiger charge is 2.07. The number of rotatable bonds is 2. The molecule has 0 bridgehead atoms. The van der Waals surface area contributed by atoms with E-state index in [0.29, 0.717) is 6.54 Å². The largest absolute Gasteiger partial charge is 1.00 e. The average molecular weight is 273 g/mol. The first kappa shape index (κ1) is 13.3. The highest BCUT2D eigenvalue weighted by molar-refractivity contribution is 5.81. The number of aromatic hydroxyl groups is 1. The number of nitrogens with zero attached hydrogens (tertiary/aromatic N) is 2. The zero-order chi connectivity index (χ0) is 12.4. The molecule has 0 aliphatic carbocycles. The summed E-state index contributed by atoms with van der Waals surface area (Å²) in [7, 11) is 0. The average Bonchev–Trinajstić information content (AvgIpc) is 2.39. The molecule has 0 amide bonds. The minimum absolute atomic E-state index is 0. The quantitative estimate of drug-likeness (QED) is 0.625. The Morgan fingerprint density at radius 2 is 1.89 bits per heavy atom. The van der Waals surface area contributed by atoms with Crippen molar-refractivity contribution in [2.75, 3.05) is 0 Å². The van der Waals surface area contributed by atoms with Gasteiger partial charge in [-0.05, 0) is 12.1 Å². The molecule has 0 saturated carbocycles. The molecule has 0 spiro atoms. The normalized spacial score (nSPS) is 10.1. The number of halogens is 1. The molecule has 3 aromatic rings. The summed E-state index contributed by atoms with van der Waals surface area (Å²) in [6, 6.07) is 13.6. The van der Waals surface area contributed by atoms with Crippen LogP contribution >= 0.6 is 0 Å². The minimum Gasteiger partial charge on any atom is -1.00 e. The van der Waals surface area contributed by atoms with Gasteiger partial charge in [0.2, 0.25) is 6.20 Å². The van der Waals surface area contributed by atoms with Gasteiger partial charge in [-0.15, -0.1) is 0 Å². The Morgan fingerprint density at radius 1 is 1.05 bits per heavy atom. The summed E-state index contributed by atoms with van der Waals surface area (Å²) >= 11 is 0. The van der Waals surface area contributed by atoms with Gasteiger partial charge in [0, 0.05) is 23.2 Å². The molecule has 19 heavy (non-hydrogen) atoms. The van der Waals surface area contributed by atoms with Crippen molar-refractivity contribution in [1.82, 2.24) is 4.98 Å². The van der Waals surface area contributed by atoms with Gasteiger partial charge in [0.25, 0.3) is 0 Å². The topological polar surface area (TPSA) is 37.0 Å². The molecule has 0 atom stereocenters. The van der Waals surface area contributed by atoms with Crippen LogP contribution < -0.4 is 17.0 Å². The molecule has 0 radical (unpaired) electrons. The number of pyridine rings is 2. The zero-order valence-electron chi connectivity index (χ0n) is 10.2. The lowest BCUT2D eigenvalue weighted by Gasteiger charge is -2.02. The molecule has 0 saturated heterocycles. The summed E-state index contributed by atoms with van der Waals surface area (Å²) in [6.07, 6.45) is 5.45. The third-order valence-electron chi connectivity index (χ3n) is 2.91. The first-order valence-corrected chi connectivity index (χ1v) is 5.83. The van der Waals surface area contributed by atoms with Crippen molar-refractivity contribution in [2.24, 2.45) is 0 Å². The second-order valence-corrected chi connectivity index (χ2v) is 4.23. The van der Waals surface area contributed by atoms with E-state index in [9.17, 15) is 5.11 Å². The van der Waals surface area contributed by atoms with Crippen molar-refractivity contribution in [3.63, 3.8) is 0 Å². The van der Waals surface area contributed by atoms with E-state index in [1.807, 2.05) is 29.0 Å². The molecule has 1 N–H and O–H groups in total. The van der Waals surface area contributed by atoms with Crippen LogP contribution in [0.5, 0.6) is 5.75 Å². The van der Waals surface area contributed by atoms with E-state index >= 15 is 0 Å². The molecular formula is C15H13ClN2O. The summed E-state index contributed by atoms with van der Waals surface area (Å²) in [5.74, 6) is 0.269. The van der Waals surface area contributed by atoms with E-state index in [-0.39, 0.29) is 18.2 Å². The van der Waals surface area contributed by atoms with Gasteiger partial charge in [0.15, 0.2) is 18.5 Å². The van der Waals surface area contributed by atoms with E-state index in [1.54, 1.807) is 18.5 Å². The number of benzene rings is 1. The lowest BCUT2D eigenvalue weighted by atomic mass is 10.1. The van der Waals surface area contributed by atoms with Crippen LogP contribution in [0.1, 0.15) is 5.56 Å². The van der Waals surface area contributed by atoms with Crippen LogP contribution in [0.15, 0.2) is 61.1 Å². The summed E-state index contributed by atoms with van der Waals surface area (Å²) in [5.41, 5.74) is 2.15. The lowest BCUT2D eigenvalue weighted by molar-refractivity contribution is -0.688. The van der Waals surface area contributed by atoms with Gasteiger partial charge >= 0.3 is 0 Å². The molecule has 2 aromatic heterocycles. The van der Waals surface area contributed by atoms with E-state index in [2.05, 4.69) is 23.2 Å². The molecule has 0 aliphatic heterocycles. The van der Waals surface area contributed by atoms with Gasteiger partial charge < -0.3 is 17.5 Å². The van der Waals surface area contributed by atoms with Gasteiger partial charge in [-0.1, -0.05) is 24.3 Å². The lowest BCUT2D eigenvalue weighted by Crippen LogP contribution is -3.00. The third kappa shape index (κ3) is 2.83. The van der Waals surface area contributed by atoms with Gasteiger partial charge in [0.1, 0.15) is 0 Å². The van der Waals surface area contributed by atoms with Crippen LogP contribution in [0.2, 0.25) is 0 Å². The highest BCUT2D eigenvalue weighted by atomic mass is 35.5. The summed E-state index contributed by atoms with van der Waals surface area (Å²) in [6.45, 7) is 0.697. The Kier molecular flexibility index (Phi) is 3.97. The highest BCUT2D eigenvalue weighted by Crippen LogP contribution is 2.15. The molecule has 4 heteroatoms. The monoisotopic (exact) mass is 272 g/mol. The standard InChI is InChI=1S/C15H12N2O.ClH/c18-14-7-3-9-17(11-14)10-13-5-1-4-12-6-2-8-16-15(12)13;/h1-9,11H,10H2;1H. The Bertz CT molecular complexity index is 695. The molecule has 0 aliphatic rings. The van der Waals surface area contributed by atoms with Crippen molar-refractivity contribution in [2.45, 2.75) is 6.54 Å². The van der Waals surface area contributed by atoms with Crippen LogP contribution in [0.4, 0.5) is 0 Å². The summed E-state index contributed by atoms with van der Waals surface area (Å²) in [5, 5.41) is 10.6. The SMILES string of the molecule is Oc1ccc[n+](Cc2cccc3cccnc23)c1.[Cl-]. The van der Waals surface area contributed by atoms with Crippen molar-refractivity contribution in [3.05, 3.63) is 66.6 Å². The van der Waals surface area contributed by atoms with Gasteiger partial charge in [-0.2, -0.15) is 4.57 Å². The summed E-state index contributed by atoms with van der Waals surface area (Å²) < 4.78 is 1.94. The van der Waals surface area contributed by atoms with E-state index < -0.39 is 0 Å². The van der Waals surface area contributed by atoms with E-state index in [0.717, 1.165) is 16.5 Å².